The molecule has 0 aliphatic heterocycles. The monoisotopic (exact) mass is 426 g/mol. The number of hydrogen-bond acceptors (Lipinski definition) is 5. The van der Waals surface area contributed by atoms with Crippen LogP contribution in [0.2, 0.25) is 0 Å². The predicted molar refractivity (Wildman–Crippen MR) is 98.2 cm³/mol. The molecule has 0 bridgehead atoms. The van der Waals surface area contributed by atoms with E-state index in [1.165, 1.54) is 23.9 Å². The Morgan fingerprint density at radius 3 is 2.55 bits per heavy atom. The maximum atomic E-state index is 13.0. The van der Waals surface area contributed by atoms with Crippen LogP contribution in [0.1, 0.15) is 5.56 Å². The molecule has 2 aromatic carbocycles. The molecule has 0 aliphatic carbocycles. The summed E-state index contributed by atoms with van der Waals surface area (Å²) in [4.78, 5) is 24.1. The molecular weight excluding hydrogens is 411 g/mol. The number of amides is 1. The minimum absolute atomic E-state index is 0.0643. The Labute approximate surface area is 166 Å². The number of aromatic nitrogens is 2. The van der Waals surface area contributed by atoms with Crippen LogP contribution in [-0.4, -0.2) is 24.0 Å². The lowest BCUT2D eigenvalue weighted by Crippen LogP contribution is -2.36. The van der Waals surface area contributed by atoms with Crippen LogP contribution >= 0.6 is 11.8 Å². The number of alkyl halides is 3. The number of hydrogen-bond donors (Lipinski definition) is 2. The number of ether oxygens (including phenoxy) is 1. The van der Waals surface area contributed by atoms with Gasteiger partial charge in [0.05, 0.1) is 24.1 Å². The highest BCUT2D eigenvalue weighted by Crippen LogP contribution is 2.34. The number of methoxy groups -OCH3 is 1. The van der Waals surface area contributed by atoms with E-state index in [9.17, 15) is 22.8 Å². The SMILES string of the molecule is COc1ccc(-[n+]2[nH]oc(=O)c2SCC(=O)Nc2ccccc2C(F)(F)F)cc1. The van der Waals surface area contributed by atoms with E-state index >= 15 is 0 Å². The van der Waals surface area contributed by atoms with Gasteiger partial charge in [-0.05, 0) is 46.0 Å². The lowest BCUT2D eigenvalue weighted by atomic mass is 10.1. The highest BCUT2D eigenvalue weighted by Gasteiger charge is 2.33. The first-order valence-electron chi connectivity index (χ1n) is 8.16. The summed E-state index contributed by atoms with van der Waals surface area (Å²) in [5, 5.41) is 4.71. The number of benzene rings is 2. The van der Waals surface area contributed by atoms with Crippen molar-refractivity contribution in [3.63, 3.8) is 0 Å². The summed E-state index contributed by atoms with van der Waals surface area (Å²) in [5.41, 5.74) is -1.47. The second-order valence-electron chi connectivity index (χ2n) is 5.70. The minimum Gasteiger partial charge on any atom is -0.497 e. The number of H-pyrrole nitrogens is 1. The van der Waals surface area contributed by atoms with Gasteiger partial charge < -0.3 is 10.1 Å². The molecule has 3 aromatic rings. The normalized spacial score (nSPS) is 11.3. The van der Waals surface area contributed by atoms with Gasteiger partial charge in [0.25, 0.3) is 0 Å². The fourth-order valence-electron chi connectivity index (χ4n) is 2.45. The Kier molecular flexibility index (Phi) is 5.97. The van der Waals surface area contributed by atoms with Gasteiger partial charge in [0.15, 0.2) is 0 Å². The molecule has 0 spiro atoms. The minimum atomic E-state index is -4.60. The Morgan fingerprint density at radius 1 is 1.21 bits per heavy atom. The fraction of sp³-hybridized carbons (Fsp3) is 0.167. The van der Waals surface area contributed by atoms with Crippen molar-refractivity contribution in [2.45, 2.75) is 11.2 Å². The number of aromatic amines is 1. The predicted octanol–water partition coefficient (Wildman–Crippen LogP) is 3.00. The van der Waals surface area contributed by atoms with Crippen LogP contribution in [0, 0.1) is 0 Å². The molecular formula is C18H15F3N3O4S+. The zero-order chi connectivity index (χ0) is 21.0. The maximum Gasteiger partial charge on any atom is 0.442 e. The summed E-state index contributed by atoms with van der Waals surface area (Å²) in [6.45, 7) is 0. The molecule has 0 unspecified atom stereocenters. The molecule has 2 N–H and O–H groups in total. The van der Waals surface area contributed by atoms with E-state index in [2.05, 4.69) is 10.6 Å². The first-order chi connectivity index (χ1) is 13.8. The fourth-order valence-corrected chi connectivity index (χ4v) is 3.22. The Balaban J connectivity index is 1.73. The number of carbonyl (C=O) groups is 1. The smallest absolute Gasteiger partial charge is 0.442 e. The van der Waals surface area contributed by atoms with Gasteiger partial charge in [-0.1, -0.05) is 12.1 Å². The van der Waals surface area contributed by atoms with Gasteiger partial charge in [-0.2, -0.15) is 13.2 Å². The van der Waals surface area contributed by atoms with Crippen LogP contribution in [0.15, 0.2) is 62.9 Å². The lowest BCUT2D eigenvalue weighted by molar-refractivity contribution is -0.704. The standard InChI is InChI=1S/C18H14F3N3O4S/c1-27-12-8-6-11(7-9-12)24-16(17(26)28-23-24)29-10-15(25)22-14-5-3-2-4-13(14)18(19,20)21/h2-9H,10H2,1H3,(H-,22,23,25,26)/p+1. The molecule has 1 aromatic heterocycles. The van der Waals surface area contributed by atoms with E-state index in [0.29, 0.717) is 11.4 Å². The van der Waals surface area contributed by atoms with Gasteiger partial charge >= 0.3 is 16.8 Å². The van der Waals surface area contributed by atoms with Crippen LogP contribution in [0.25, 0.3) is 5.69 Å². The topological polar surface area (TPSA) is 88.2 Å². The Hall–Kier alpha value is -3.21. The van der Waals surface area contributed by atoms with E-state index in [1.54, 1.807) is 24.3 Å². The van der Waals surface area contributed by atoms with Crippen LogP contribution in [0.5, 0.6) is 5.75 Å². The third-order valence-corrected chi connectivity index (χ3v) is 4.81. The number of nitrogens with one attached hydrogen (secondary N) is 2. The molecule has 0 saturated heterocycles. The maximum absolute atomic E-state index is 13.0. The third kappa shape index (κ3) is 4.80. The largest absolute Gasteiger partial charge is 0.497 e. The van der Waals surface area contributed by atoms with E-state index in [0.717, 1.165) is 23.9 Å². The zero-order valence-electron chi connectivity index (χ0n) is 14.9. The molecule has 0 aliphatic rings. The first kappa shape index (κ1) is 20.5. The summed E-state index contributed by atoms with van der Waals surface area (Å²) in [6, 6.07) is 11.3. The van der Waals surface area contributed by atoms with Crippen molar-refractivity contribution in [1.29, 1.82) is 0 Å². The molecule has 0 atom stereocenters. The molecule has 152 valence electrons. The Morgan fingerprint density at radius 2 is 1.90 bits per heavy atom. The van der Waals surface area contributed by atoms with E-state index in [1.807, 2.05) is 0 Å². The second kappa shape index (κ2) is 8.43. The Bertz CT molecular complexity index is 1060. The molecule has 0 radical (unpaired) electrons. The lowest BCUT2D eigenvalue weighted by Gasteiger charge is -2.12. The van der Waals surface area contributed by atoms with Crippen LogP contribution in [0.4, 0.5) is 18.9 Å². The number of anilines is 1. The van der Waals surface area contributed by atoms with E-state index in [-0.39, 0.29) is 16.5 Å². The van der Waals surface area contributed by atoms with Gasteiger partial charge in [-0.15, -0.1) is 0 Å². The third-order valence-electron chi connectivity index (χ3n) is 3.78. The summed E-state index contributed by atoms with van der Waals surface area (Å²) in [6.07, 6.45) is -4.60. The molecule has 0 saturated carbocycles. The number of nitrogens with zero attached hydrogens (tertiary/aromatic N) is 1. The second-order valence-corrected chi connectivity index (χ2v) is 6.66. The van der Waals surface area contributed by atoms with Gasteiger partial charge in [-0.3, -0.25) is 9.32 Å². The van der Waals surface area contributed by atoms with Crippen LogP contribution in [-0.2, 0) is 11.0 Å². The average molecular weight is 426 g/mol. The summed E-state index contributed by atoms with van der Waals surface area (Å²) in [5.74, 6) is -0.393. The average Bonchev–Trinajstić information content (AvgIpc) is 3.06. The highest BCUT2D eigenvalue weighted by atomic mass is 32.2. The molecule has 7 nitrogen and oxygen atoms in total. The molecule has 11 heteroatoms. The summed E-state index contributed by atoms with van der Waals surface area (Å²) in [7, 11) is 1.51. The molecule has 1 amide bonds. The van der Waals surface area contributed by atoms with Crippen LogP contribution in [0.3, 0.4) is 0 Å². The van der Waals surface area contributed by atoms with Crippen molar-refractivity contribution in [3.05, 3.63) is 64.5 Å². The molecule has 3 rings (SSSR count). The van der Waals surface area contributed by atoms with Gasteiger partial charge in [0, 0.05) is 12.1 Å². The van der Waals surface area contributed by atoms with Crippen molar-refractivity contribution in [2.75, 3.05) is 18.2 Å². The van der Waals surface area contributed by atoms with Crippen molar-refractivity contribution in [2.24, 2.45) is 0 Å². The summed E-state index contributed by atoms with van der Waals surface area (Å²) >= 11 is 0.827. The number of thioether (sulfide) groups is 1. The van der Waals surface area contributed by atoms with Crippen molar-refractivity contribution in [1.82, 2.24) is 5.27 Å². The number of carbonyl (C=O) groups excluding carboxylic acids is 1. The van der Waals surface area contributed by atoms with Crippen LogP contribution < -0.4 is 20.4 Å². The highest BCUT2D eigenvalue weighted by molar-refractivity contribution is 7.99. The van der Waals surface area contributed by atoms with Gasteiger partial charge in [-0.25, -0.2) is 4.79 Å². The number of halogens is 3. The summed E-state index contributed by atoms with van der Waals surface area (Å²) < 4.78 is 50.2. The van der Waals surface area contributed by atoms with Gasteiger partial charge in [0.2, 0.25) is 11.6 Å². The quantitative estimate of drug-likeness (QED) is 0.467. The number of rotatable bonds is 6. The van der Waals surface area contributed by atoms with Crippen molar-refractivity contribution >= 4 is 23.4 Å². The number of para-hydroxylation sites is 1. The zero-order valence-corrected chi connectivity index (χ0v) is 15.8. The van der Waals surface area contributed by atoms with Crippen molar-refractivity contribution < 1.29 is 31.9 Å². The molecule has 1 heterocycles. The molecule has 0 fully saturated rings. The van der Waals surface area contributed by atoms with Gasteiger partial charge in [0.1, 0.15) is 5.75 Å². The first-order valence-corrected chi connectivity index (χ1v) is 9.15. The van der Waals surface area contributed by atoms with Crippen molar-refractivity contribution in [3.8, 4) is 11.4 Å². The molecule has 29 heavy (non-hydrogen) atoms. The van der Waals surface area contributed by atoms with E-state index < -0.39 is 23.3 Å². The van der Waals surface area contributed by atoms with E-state index in [4.69, 9.17) is 9.26 Å².